The van der Waals surface area contributed by atoms with Crippen molar-refractivity contribution in [3.63, 3.8) is 0 Å². The highest BCUT2D eigenvalue weighted by molar-refractivity contribution is 8.15. The lowest BCUT2D eigenvalue weighted by Crippen LogP contribution is -2.39. The monoisotopic (exact) mass is 410 g/mol. The Labute approximate surface area is 165 Å². The molecule has 2 atom stereocenters. The number of methoxy groups -OCH3 is 1. The van der Waals surface area contributed by atoms with Gasteiger partial charge in [0.15, 0.2) is 15.0 Å². The van der Waals surface area contributed by atoms with E-state index in [1.54, 1.807) is 7.11 Å². The van der Waals surface area contributed by atoms with Crippen LogP contribution in [0, 0.1) is 5.92 Å². The average Bonchev–Trinajstić information content (AvgIpc) is 3.04. The van der Waals surface area contributed by atoms with Crippen molar-refractivity contribution in [2.45, 2.75) is 38.0 Å². The van der Waals surface area contributed by atoms with E-state index in [0.29, 0.717) is 18.1 Å². The molecular weight excluding hydrogens is 384 g/mol. The zero-order valence-corrected chi connectivity index (χ0v) is 17.6. The number of rotatable bonds is 6. The molecule has 0 spiro atoms. The number of sulfone groups is 1. The van der Waals surface area contributed by atoms with Gasteiger partial charge in [0.05, 0.1) is 24.7 Å². The first kappa shape index (κ1) is 20.2. The molecule has 1 aromatic carbocycles. The van der Waals surface area contributed by atoms with Crippen molar-refractivity contribution in [2.24, 2.45) is 10.9 Å². The Morgan fingerprint density at radius 2 is 2.00 bits per heavy atom. The maximum absolute atomic E-state index is 12.2. The summed E-state index contributed by atoms with van der Waals surface area (Å²) in [6.07, 6.45) is 1.16. The Morgan fingerprint density at radius 3 is 2.63 bits per heavy atom. The molecule has 0 aliphatic carbocycles. The maximum atomic E-state index is 12.2. The van der Waals surface area contributed by atoms with Crippen molar-refractivity contribution >= 4 is 32.7 Å². The molecule has 2 aliphatic heterocycles. The molecule has 148 valence electrons. The summed E-state index contributed by atoms with van der Waals surface area (Å²) in [5, 5.41) is 0.649. The number of carbonyl (C=O) groups is 1. The van der Waals surface area contributed by atoms with Crippen LogP contribution in [0.3, 0.4) is 0 Å². The number of amides is 1. The van der Waals surface area contributed by atoms with Gasteiger partial charge in [0.25, 0.3) is 0 Å². The molecule has 8 heteroatoms. The van der Waals surface area contributed by atoms with Gasteiger partial charge < -0.3 is 9.64 Å². The molecule has 2 unspecified atom stereocenters. The highest BCUT2D eigenvalue weighted by Crippen LogP contribution is 2.38. The van der Waals surface area contributed by atoms with Gasteiger partial charge in [0, 0.05) is 18.2 Å². The predicted molar refractivity (Wildman–Crippen MR) is 109 cm³/mol. The lowest BCUT2D eigenvalue weighted by molar-refractivity contribution is -0.118. The normalized spacial score (nSPS) is 25.2. The number of carbonyl (C=O) groups excluding carboxylic acids is 1. The summed E-state index contributed by atoms with van der Waals surface area (Å²) in [5.41, 5.74) is 1.14. The summed E-state index contributed by atoms with van der Waals surface area (Å²) in [6, 6.07) is 7.75. The van der Waals surface area contributed by atoms with E-state index in [-0.39, 0.29) is 34.6 Å². The fraction of sp³-hybridized carbons (Fsp3) is 0.579. The van der Waals surface area contributed by atoms with Gasteiger partial charge in [-0.2, -0.15) is 4.99 Å². The first-order valence-corrected chi connectivity index (χ1v) is 11.9. The van der Waals surface area contributed by atoms with Crippen molar-refractivity contribution in [3.8, 4) is 5.75 Å². The molecule has 0 saturated carbocycles. The Hall–Kier alpha value is -1.54. The van der Waals surface area contributed by atoms with E-state index in [9.17, 15) is 13.2 Å². The minimum Gasteiger partial charge on any atom is -0.497 e. The van der Waals surface area contributed by atoms with Gasteiger partial charge in [-0.3, -0.25) is 4.79 Å². The van der Waals surface area contributed by atoms with Crippen LogP contribution in [0.1, 0.15) is 25.8 Å². The quantitative estimate of drug-likeness (QED) is 0.717. The van der Waals surface area contributed by atoms with Crippen LogP contribution in [0.5, 0.6) is 5.75 Å². The zero-order valence-electron chi connectivity index (χ0n) is 15.9. The van der Waals surface area contributed by atoms with Gasteiger partial charge >= 0.3 is 0 Å². The summed E-state index contributed by atoms with van der Waals surface area (Å²) >= 11 is 1.44. The van der Waals surface area contributed by atoms with Crippen LogP contribution in [-0.4, -0.2) is 60.8 Å². The molecular formula is C19H26N2O4S2. The summed E-state index contributed by atoms with van der Waals surface area (Å²) in [4.78, 5) is 18.5. The predicted octanol–water partition coefficient (Wildman–Crippen LogP) is 2.38. The Balaban J connectivity index is 1.75. The van der Waals surface area contributed by atoms with Gasteiger partial charge in [0.1, 0.15) is 5.75 Å². The molecule has 6 nitrogen and oxygen atoms in total. The topological polar surface area (TPSA) is 76.0 Å². The molecule has 0 bridgehead atoms. The second-order valence-electron chi connectivity index (χ2n) is 7.48. The number of hydrogen-bond donors (Lipinski definition) is 0. The van der Waals surface area contributed by atoms with Crippen molar-refractivity contribution < 1.29 is 17.9 Å². The molecule has 2 aliphatic rings. The molecule has 1 amide bonds. The number of aliphatic imine (C=N–C) groups is 1. The number of hydrogen-bond acceptors (Lipinski definition) is 5. The standard InChI is InChI=1S/C19H26N2O4S2/c1-13(2)10-18(22)20-19-21(16-11-27(23,24)12-17(16)26-19)9-8-14-4-6-15(25-3)7-5-14/h4-7,13,16-17H,8-12H2,1-3H3. The lowest BCUT2D eigenvalue weighted by Gasteiger charge is -2.24. The smallest absolute Gasteiger partial charge is 0.248 e. The SMILES string of the molecule is COc1ccc(CCN2C(=NC(=O)CC(C)C)SC3CS(=O)(=O)CC32)cc1. The van der Waals surface area contributed by atoms with Crippen LogP contribution < -0.4 is 4.74 Å². The largest absolute Gasteiger partial charge is 0.497 e. The van der Waals surface area contributed by atoms with Crippen molar-refractivity contribution in [3.05, 3.63) is 29.8 Å². The Kier molecular flexibility index (Phi) is 6.15. The molecule has 3 rings (SSSR count). The average molecular weight is 411 g/mol. The highest BCUT2D eigenvalue weighted by Gasteiger charge is 2.48. The van der Waals surface area contributed by atoms with Gasteiger partial charge in [0.2, 0.25) is 5.91 Å². The first-order chi connectivity index (χ1) is 12.8. The van der Waals surface area contributed by atoms with Crippen molar-refractivity contribution in [1.82, 2.24) is 4.90 Å². The molecule has 1 aromatic rings. The molecule has 0 radical (unpaired) electrons. The van der Waals surface area contributed by atoms with E-state index < -0.39 is 9.84 Å². The molecule has 27 heavy (non-hydrogen) atoms. The fourth-order valence-corrected chi connectivity index (χ4v) is 7.44. The van der Waals surface area contributed by atoms with E-state index in [2.05, 4.69) is 4.99 Å². The third kappa shape index (κ3) is 5.04. The van der Waals surface area contributed by atoms with Crippen LogP contribution in [0.2, 0.25) is 0 Å². The molecule has 2 saturated heterocycles. The van der Waals surface area contributed by atoms with E-state index in [0.717, 1.165) is 17.7 Å². The highest BCUT2D eigenvalue weighted by atomic mass is 32.2. The van der Waals surface area contributed by atoms with Crippen LogP contribution >= 0.6 is 11.8 Å². The van der Waals surface area contributed by atoms with Crippen LogP contribution in [0.15, 0.2) is 29.3 Å². The fourth-order valence-electron chi connectivity index (χ4n) is 3.44. The first-order valence-electron chi connectivity index (χ1n) is 9.15. The Bertz CT molecular complexity index is 819. The minimum atomic E-state index is -3.02. The van der Waals surface area contributed by atoms with E-state index in [1.165, 1.54) is 11.8 Å². The van der Waals surface area contributed by atoms with E-state index >= 15 is 0 Å². The molecule has 0 N–H and O–H groups in total. The number of nitrogens with zero attached hydrogens (tertiary/aromatic N) is 2. The van der Waals surface area contributed by atoms with Crippen molar-refractivity contribution in [2.75, 3.05) is 25.2 Å². The second-order valence-corrected chi connectivity index (χ2v) is 10.8. The van der Waals surface area contributed by atoms with Crippen molar-refractivity contribution in [1.29, 1.82) is 0 Å². The Morgan fingerprint density at radius 1 is 1.30 bits per heavy atom. The summed E-state index contributed by atoms with van der Waals surface area (Å²) in [7, 11) is -1.39. The number of benzene rings is 1. The van der Waals surface area contributed by atoms with Gasteiger partial charge in [-0.1, -0.05) is 37.7 Å². The zero-order chi connectivity index (χ0) is 19.6. The van der Waals surface area contributed by atoms with Crippen LogP contribution in [-0.2, 0) is 21.1 Å². The molecule has 2 heterocycles. The summed E-state index contributed by atoms with van der Waals surface area (Å²) < 4.78 is 29.3. The van der Waals surface area contributed by atoms with E-state index in [1.807, 2.05) is 43.0 Å². The van der Waals surface area contributed by atoms with E-state index in [4.69, 9.17) is 4.74 Å². The molecule has 2 fully saturated rings. The number of thioether (sulfide) groups is 1. The summed E-state index contributed by atoms with van der Waals surface area (Å²) in [5.74, 6) is 1.23. The van der Waals surface area contributed by atoms with Gasteiger partial charge in [-0.25, -0.2) is 8.42 Å². The van der Waals surface area contributed by atoms with Gasteiger partial charge in [-0.15, -0.1) is 0 Å². The third-order valence-electron chi connectivity index (χ3n) is 4.78. The second kappa shape index (κ2) is 8.22. The van der Waals surface area contributed by atoms with Crippen LogP contribution in [0.25, 0.3) is 0 Å². The number of amidine groups is 1. The number of ether oxygens (including phenoxy) is 1. The maximum Gasteiger partial charge on any atom is 0.248 e. The summed E-state index contributed by atoms with van der Waals surface area (Å²) in [6.45, 7) is 4.62. The van der Waals surface area contributed by atoms with Crippen LogP contribution in [0.4, 0.5) is 0 Å². The lowest BCUT2D eigenvalue weighted by atomic mass is 10.1. The number of fused-ring (bicyclic) bond motifs is 1. The third-order valence-corrected chi connectivity index (χ3v) is 8.03. The van der Waals surface area contributed by atoms with Gasteiger partial charge in [-0.05, 0) is 30.0 Å². The molecule has 0 aromatic heterocycles. The minimum absolute atomic E-state index is 0.0310.